The number of hydrogen-bond donors (Lipinski definition) is 2. The highest BCUT2D eigenvalue weighted by Crippen LogP contribution is 2.39. The van der Waals surface area contributed by atoms with Crippen LogP contribution in [-0.4, -0.2) is 62.7 Å². The van der Waals surface area contributed by atoms with Crippen LogP contribution >= 0.6 is 12.2 Å². The maximum atomic E-state index is 11.5. The average Bonchev–Trinajstić information content (AvgIpc) is 3.39. The van der Waals surface area contributed by atoms with Gasteiger partial charge in [-0.3, -0.25) is 4.98 Å². The average molecular weight is 450 g/mol. The van der Waals surface area contributed by atoms with Crippen LogP contribution in [-0.2, 0) is 0 Å². The first-order valence-electron chi connectivity index (χ1n) is 10.6. The van der Waals surface area contributed by atoms with Crippen molar-refractivity contribution in [2.24, 2.45) is 0 Å². The van der Waals surface area contributed by atoms with Gasteiger partial charge < -0.3 is 24.8 Å². The summed E-state index contributed by atoms with van der Waals surface area (Å²) in [5.41, 5.74) is 3.00. The summed E-state index contributed by atoms with van der Waals surface area (Å²) in [5.74, 6) is -0.944. The Labute approximate surface area is 193 Å². The molecule has 0 amide bonds. The van der Waals surface area contributed by atoms with Crippen LogP contribution in [0.3, 0.4) is 0 Å². The van der Waals surface area contributed by atoms with Gasteiger partial charge in [0, 0.05) is 30.3 Å². The SMILES string of the molecule is CN(C)CCCN1C(=S)N[C@@H](c2ccccn2)[C@H]1c1cccn1-c1cccc(C(=O)O)c1. The number of carboxylic acids is 1. The molecule has 2 N–H and O–H groups in total. The molecule has 7 nitrogen and oxygen atoms in total. The quantitative estimate of drug-likeness (QED) is 0.510. The third-order valence-electron chi connectivity index (χ3n) is 5.66. The molecule has 0 radical (unpaired) electrons. The second kappa shape index (κ2) is 9.50. The molecular formula is C24H27N5O2S. The Hall–Kier alpha value is -3.23. The summed E-state index contributed by atoms with van der Waals surface area (Å²) in [6.45, 7) is 1.76. The maximum absolute atomic E-state index is 11.5. The van der Waals surface area contributed by atoms with E-state index in [1.165, 1.54) is 0 Å². The fraction of sp³-hybridized carbons (Fsp3) is 0.292. The van der Waals surface area contributed by atoms with E-state index in [1.54, 1.807) is 24.4 Å². The topological polar surface area (TPSA) is 73.6 Å². The highest BCUT2D eigenvalue weighted by molar-refractivity contribution is 7.80. The highest BCUT2D eigenvalue weighted by Gasteiger charge is 2.40. The van der Waals surface area contributed by atoms with E-state index in [2.05, 4.69) is 40.3 Å². The number of nitrogens with one attached hydrogen (secondary N) is 1. The highest BCUT2D eigenvalue weighted by atomic mass is 32.1. The van der Waals surface area contributed by atoms with E-state index in [4.69, 9.17) is 12.2 Å². The molecule has 1 fully saturated rings. The molecule has 32 heavy (non-hydrogen) atoms. The molecule has 2 aromatic heterocycles. The van der Waals surface area contributed by atoms with Gasteiger partial charge in [-0.2, -0.15) is 0 Å². The lowest BCUT2D eigenvalue weighted by molar-refractivity contribution is 0.0697. The number of pyridine rings is 1. The molecule has 1 aliphatic heterocycles. The monoisotopic (exact) mass is 449 g/mol. The van der Waals surface area contributed by atoms with Crippen molar-refractivity contribution < 1.29 is 9.90 Å². The molecule has 4 rings (SSSR count). The van der Waals surface area contributed by atoms with Gasteiger partial charge in [0.1, 0.15) is 0 Å². The van der Waals surface area contributed by atoms with Gasteiger partial charge in [0.15, 0.2) is 5.11 Å². The Kier molecular flexibility index (Phi) is 6.53. The third kappa shape index (κ3) is 4.51. The molecule has 3 aromatic rings. The smallest absolute Gasteiger partial charge is 0.335 e. The predicted octanol–water partition coefficient (Wildman–Crippen LogP) is 3.49. The van der Waals surface area contributed by atoms with Gasteiger partial charge in [0.05, 0.1) is 23.3 Å². The first-order valence-corrected chi connectivity index (χ1v) is 11.0. The Morgan fingerprint density at radius 2 is 2.03 bits per heavy atom. The first-order chi connectivity index (χ1) is 15.5. The summed E-state index contributed by atoms with van der Waals surface area (Å²) >= 11 is 5.75. The molecular weight excluding hydrogens is 422 g/mol. The van der Waals surface area contributed by atoms with Gasteiger partial charge >= 0.3 is 5.97 Å². The number of aromatic nitrogens is 2. The minimum atomic E-state index is -0.944. The Bertz CT molecular complexity index is 1100. The maximum Gasteiger partial charge on any atom is 0.335 e. The minimum Gasteiger partial charge on any atom is -0.478 e. The summed E-state index contributed by atoms with van der Waals surface area (Å²) in [6, 6.07) is 16.7. The number of benzene rings is 1. The number of thiocarbonyl (C=S) groups is 1. The normalized spacial score (nSPS) is 18.2. The molecule has 1 aliphatic rings. The second-order valence-electron chi connectivity index (χ2n) is 8.14. The third-order valence-corrected chi connectivity index (χ3v) is 6.01. The van der Waals surface area contributed by atoms with Crippen molar-refractivity contribution in [3.8, 4) is 5.69 Å². The Balaban J connectivity index is 1.75. The molecule has 0 bridgehead atoms. The van der Waals surface area contributed by atoms with Crippen LogP contribution in [0.15, 0.2) is 67.0 Å². The van der Waals surface area contributed by atoms with E-state index in [-0.39, 0.29) is 17.6 Å². The fourth-order valence-corrected chi connectivity index (χ4v) is 4.52. The van der Waals surface area contributed by atoms with Gasteiger partial charge in [-0.15, -0.1) is 0 Å². The van der Waals surface area contributed by atoms with Gasteiger partial charge in [-0.25, -0.2) is 4.79 Å². The lowest BCUT2D eigenvalue weighted by Crippen LogP contribution is -2.33. The minimum absolute atomic E-state index is 0.0805. The summed E-state index contributed by atoms with van der Waals surface area (Å²) in [4.78, 5) is 20.5. The molecule has 0 unspecified atom stereocenters. The van der Waals surface area contributed by atoms with Crippen LogP contribution in [0.5, 0.6) is 0 Å². The van der Waals surface area contributed by atoms with Gasteiger partial charge in [-0.05, 0) is 81.7 Å². The lowest BCUT2D eigenvalue weighted by atomic mass is 10.0. The van der Waals surface area contributed by atoms with Gasteiger partial charge in [0.2, 0.25) is 0 Å². The van der Waals surface area contributed by atoms with Crippen molar-refractivity contribution >= 4 is 23.3 Å². The molecule has 1 aromatic carbocycles. The molecule has 166 valence electrons. The number of hydrogen-bond acceptors (Lipinski definition) is 4. The molecule has 0 spiro atoms. The van der Waals surface area contributed by atoms with Crippen molar-refractivity contribution in [1.29, 1.82) is 0 Å². The van der Waals surface area contributed by atoms with Crippen LogP contribution in [0.25, 0.3) is 5.69 Å². The Morgan fingerprint density at radius 3 is 2.75 bits per heavy atom. The van der Waals surface area contributed by atoms with Gasteiger partial charge in [0.25, 0.3) is 0 Å². The van der Waals surface area contributed by atoms with Crippen molar-refractivity contribution in [1.82, 2.24) is 24.7 Å². The van der Waals surface area contributed by atoms with Crippen LogP contribution in [0.2, 0.25) is 0 Å². The Morgan fingerprint density at radius 1 is 1.19 bits per heavy atom. The first kappa shape index (κ1) is 22.0. The van der Waals surface area contributed by atoms with Crippen molar-refractivity contribution in [2.75, 3.05) is 27.2 Å². The predicted molar refractivity (Wildman–Crippen MR) is 128 cm³/mol. The number of aromatic carboxylic acids is 1. The molecule has 2 atom stereocenters. The number of carbonyl (C=O) groups is 1. The zero-order valence-electron chi connectivity index (χ0n) is 18.2. The van der Waals surface area contributed by atoms with Crippen LogP contribution < -0.4 is 5.32 Å². The zero-order valence-corrected chi connectivity index (χ0v) is 19.0. The molecule has 8 heteroatoms. The molecule has 0 saturated carbocycles. The van der Waals surface area contributed by atoms with Crippen molar-refractivity contribution in [2.45, 2.75) is 18.5 Å². The van der Waals surface area contributed by atoms with Gasteiger partial charge in [-0.1, -0.05) is 12.1 Å². The summed E-state index contributed by atoms with van der Waals surface area (Å²) < 4.78 is 2.04. The molecule has 3 heterocycles. The fourth-order valence-electron chi connectivity index (χ4n) is 4.18. The van der Waals surface area contributed by atoms with E-state index in [0.29, 0.717) is 5.11 Å². The van der Waals surface area contributed by atoms with E-state index in [9.17, 15) is 9.90 Å². The van der Waals surface area contributed by atoms with E-state index in [0.717, 1.165) is 36.6 Å². The van der Waals surface area contributed by atoms with Crippen molar-refractivity contribution in [3.63, 3.8) is 0 Å². The summed E-state index contributed by atoms with van der Waals surface area (Å²) in [5, 5.41) is 13.6. The van der Waals surface area contributed by atoms with Crippen LogP contribution in [0.4, 0.5) is 0 Å². The van der Waals surface area contributed by atoms with Crippen molar-refractivity contribution in [3.05, 3.63) is 83.9 Å². The summed E-state index contributed by atoms with van der Waals surface area (Å²) in [6.07, 6.45) is 4.72. The molecule has 1 saturated heterocycles. The van der Waals surface area contributed by atoms with E-state index in [1.807, 2.05) is 41.1 Å². The standard InChI is InChI=1S/C24H27N5O2S/c1-27(2)13-7-15-29-22(21(26-24(29)32)19-10-3-4-12-25-19)20-11-6-14-28(20)18-9-5-8-17(16-18)23(30)31/h3-6,8-12,14,16,21-22H,7,13,15H2,1-2H3,(H,26,32)(H,30,31)/t21-,22+/m0/s1. The molecule has 0 aliphatic carbocycles. The van der Waals surface area contributed by atoms with E-state index < -0.39 is 5.97 Å². The zero-order chi connectivity index (χ0) is 22.7. The number of rotatable bonds is 8. The summed E-state index contributed by atoms with van der Waals surface area (Å²) in [7, 11) is 4.13. The largest absolute Gasteiger partial charge is 0.478 e. The number of nitrogens with zero attached hydrogens (tertiary/aromatic N) is 4. The lowest BCUT2D eigenvalue weighted by Gasteiger charge is -2.29. The number of carboxylic acid groups (broad SMARTS) is 1. The second-order valence-corrected chi connectivity index (χ2v) is 8.52. The van der Waals surface area contributed by atoms with Crippen LogP contribution in [0, 0.1) is 0 Å². The van der Waals surface area contributed by atoms with E-state index >= 15 is 0 Å². The van der Waals surface area contributed by atoms with Crippen LogP contribution in [0.1, 0.15) is 40.3 Å².